The van der Waals surface area contributed by atoms with E-state index in [-0.39, 0.29) is 17.5 Å². The van der Waals surface area contributed by atoms with Gasteiger partial charge in [-0.3, -0.25) is 4.79 Å². The third kappa shape index (κ3) is 2.46. The molecule has 1 aromatic heterocycles. The molecule has 1 unspecified atom stereocenters. The second-order valence-corrected chi connectivity index (χ2v) is 4.69. The first-order valence-electron chi connectivity index (χ1n) is 6.38. The molecule has 0 saturated carbocycles. The monoisotopic (exact) mass is 249 g/mol. The molecule has 0 radical (unpaired) electrons. The molecule has 1 aliphatic rings. The summed E-state index contributed by atoms with van der Waals surface area (Å²) in [6.07, 6.45) is 5.12. The SMILES string of the molecule is CCCC1(C(=O)Nc2ncccc2O)CCCN1. The summed E-state index contributed by atoms with van der Waals surface area (Å²) in [7, 11) is 0. The number of anilines is 1. The zero-order chi connectivity index (χ0) is 13.0. The van der Waals surface area contributed by atoms with E-state index in [0.29, 0.717) is 0 Å². The highest BCUT2D eigenvalue weighted by atomic mass is 16.3. The maximum atomic E-state index is 12.4. The number of carbonyl (C=O) groups excluding carboxylic acids is 1. The molecule has 0 aromatic carbocycles. The highest BCUT2D eigenvalue weighted by molar-refractivity contribution is 5.98. The molecule has 3 N–H and O–H groups in total. The van der Waals surface area contributed by atoms with Crippen molar-refractivity contribution in [3.8, 4) is 5.75 Å². The lowest BCUT2D eigenvalue weighted by molar-refractivity contribution is -0.122. The fourth-order valence-corrected chi connectivity index (χ4v) is 2.47. The van der Waals surface area contributed by atoms with Gasteiger partial charge in [0.25, 0.3) is 0 Å². The number of aromatic hydroxyl groups is 1. The molecule has 1 fully saturated rings. The highest BCUT2D eigenvalue weighted by Crippen LogP contribution is 2.27. The third-order valence-electron chi connectivity index (χ3n) is 3.37. The molecule has 0 spiro atoms. The maximum absolute atomic E-state index is 12.4. The number of aromatic nitrogens is 1. The Morgan fingerprint density at radius 3 is 3.11 bits per heavy atom. The van der Waals surface area contributed by atoms with Gasteiger partial charge in [-0.1, -0.05) is 13.3 Å². The largest absolute Gasteiger partial charge is 0.504 e. The molecule has 2 rings (SSSR count). The Kier molecular flexibility index (Phi) is 3.81. The van der Waals surface area contributed by atoms with Crippen molar-refractivity contribution in [2.45, 2.75) is 38.1 Å². The fraction of sp³-hybridized carbons (Fsp3) is 0.538. The highest BCUT2D eigenvalue weighted by Gasteiger charge is 2.40. The molecule has 1 aromatic rings. The van der Waals surface area contributed by atoms with Gasteiger partial charge in [0.1, 0.15) is 0 Å². The van der Waals surface area contributed by atoms with E-state index in [9.17, 15) is 9.90 Å². The van der Waals surface area contributed by atoms with Crippen LogP contribution in [0.15, 0.2) is 18.3 Å². The second-order valence-electron chi connectivity index (χ2n) is 4.69. The van der Waals surface area contributed by atoms with Crippen LogP contribution in [0.2, 0.25) is 0 Å². The summed E-state index contributed by atoms with van der Waals surface area (Å²) in [4.78, 5) is 16.3. The third-order valence-corrected chi connectivity index (χ3v) is 3.37. The first-order valence-corrected chi connectivity index (χ1v) is 6.38. The van der Waals surface area contributed by atoms with Gasteiger partial charge in [0.2, 0.25) is 5.91 Å². The van der Waals surface area contributed by atoms with E-state index in [2.05, 4.69) is 22.5 Å². The lowest BCUT2D eigenvalue weighted by Gasteiger charge is -2.27. The average Bonchev–Trinajstić information content (AvgIpc) is 2.82. The number of carbonyl (C=O) groups is 1. The fourth-order valence-electron chi connectivity index (χ4n) is 2.47. The van der Waals surface area contributed by atoms with E-state index in [4.69, 9.17) is 0 Å². The maximum Gasteiger partial charge on any atom is 0.245 e. The minimum absolute atomic E-state index is 0.00417. The van der Waals surface area contributed by atoms with Crippen molar-refractivity contribution < 1.29 is 9.90 Å². The van der Waals surface area contributed by atoms with Crippen LogP contribution in [0.25, 0.3) is 0 Å². The first kappa shape index (κ1) is 12.8. The summed E-state index contributed by atoms with van der Waals surface area (Å²) in [5, 5.41) is 15.6. The molecule has 1 aliphatic heterocycles. The summed E-state index contributed by atoms with van der Waals surface area (Å²) in [6, 6.07) is 3.14. The molecule has 98 valence electrons. The smallest absolute Gasteiger partial charge is 0.245 e. The molecule has 1 amide bonds. The first-order chi connectivity index (χ1) is 8.68. The van der Waals surface area contributed by atoms with E-state index in [1.807, 2.05) is 0 Å². The zero-order valence-corrected chi connectivity index (χ0v) is 10.6. The van der Waals surface area contributed by atoms with Gasteiger partial charge in [0, 0.05) is 6.20 Å². The molecule has 1 saturated heterocycles. The summed E-state index contributed by atoms with van der Waals surface area (Å²) < 4.78 is 0. The average molecular weight is 249 g/mol. The van der Waals surface area contributed by atoms with Gasteiger partial charge in [-0.2, -0.15) is 0 Å². The van der Waals surface area contributed by atoms with Crippen molar-refractivity contribution in [1.29, 1.82) is 0 Å². The van der Waals surface area contributed by atoms with Gasteiger partial charge in [0.05, 0.1) is 5.54 Å². The van der Waals surface area contributed by atoms with E-state index in [1.165, 1.54) is 6.07 Å². The van der Waals surface area contributed by atoms with Crippen LogP contribution in [0.1, 0.15) is 32.6 Å². The molecule has 2 heterocycles. The Balaban J connectivity index is 2.13. The summed E-state index contributed by atoms with van der Waals surface area (Å²) >= 11 is 0. The van der Waals surface area contributed by atoms with Gasteiger partial charge >= 0.3 is 0 Å². The van der Waals surface area contributed by atoms with Crippen LogP contribution in [0.3, 0.4) is 0 Å². The quantitative estimate of drug-likeness (QED) is 0.758. The van der Waals surface area contributed by atoms with Crippen molar-refractivity contribution in [3.05, 3.63) is 18.3 Å². The Morgan fingerprint density at radius 2 is 2.50 bits per heavy atom. The van der Waals surface area contributed by atoms with Crippen molar-refractivity contribution in [3.63, 3.8) is 0 Å². The van der Waals surface area contributed by atoms with Crippen LogP contribution in [-0.4, -0.2) is 28.1 Å². The number of nitrogens with one attached hydrogen (secondary N) is 2. The van der Waals surface area contributed by atoms with Crippen molar-refractivity contribution in [1.82, 2.24) is 10.3 Å². The lowest BCUT2D eigenvalue weighted by Crippen LogP contribution is -2.50. The molecule has 0 bridgehead atoms. The molecular weight excluding hydrogens is 230 g/mol. The number of hydrogen-bond acceptors (Lipinski definition) is 4. The van der Waals surface area contributed by atoms with Crippen LogP contribution in [-0.2, 0) is 4.79 Å². The van der Waals surface area contributed by atoms with Gasteiger partial charge in [0.15, 0.2) is 11.6 Å². The van der Waals surface area contributed by atoms with E-state index >= 15 is 0 Å². The number of nitrogens with zero attached hydrogens (tertiary/aromatic N) is 1. The summed E-state index contributed by atoms with van der Waals surface area (Å²) in [6.45, 7) is 2.93. The standard InChI is InChI=1S/C13H19N3O2/c1-2-6-13(7-4-9-15-13)12(18)16-11-10(17)5-3-8-14-11/h3,5,8,15,17H,2,4,6-7,9H2,1H3,(H,14,16,18). The van der Waals surface area contributed by atoms with Crippen LogP contribution in [0, 0.1) is 0 Å². The van der Waals surface area contributed by atoms with Crippen molar-refractivity contribution in [2.75, 3.05) is 11.9 Å². The number of rotatable bonds is 4. The van der Waals surface area contributed by atoms with Gasteiger partial charge < -0.3 is 15.7 Å². The molecular formula is C13H19N3O2. The number of pyridine rings is 1. The van der Waals surface area contributed by atoms with Crippen molar-refractivity contribution >= 4 is 11.7 Å². The minimum atomic E-state index is -0.501. The van der Waals surface area contributed by atoms with Crippen LogP contribution in [0.4, 0.5) is 5.82 Å². The van der Waals surface area contributed by atoms with Gasteiger partial charge in [-0.05, 0) is 37.9 Å². The normalized spacial score (nSPS) is 22.9. The molecule has 18 heavy (non-hydrogen) atoms. The Bertz CT molecular complexity index is 428. The molecule has 0 aliphatic carbocycles. The summed E-state index contributed by atoms with van der Waals surface area (Å²) in [5.74, 6) is 0.123. The molecule has 1 atom stereocenters. The number of amides is 1. The predicted molar refractivity (Wildman–Crippen MR) is 69.4 cm³/mol. The van der Waals surface area contributed by atoms with Crippen LogP contribution < -0.4 is 10.6 Å². The molecule has 5 nitrogen and oxygen atoms in total. The van der Waals surface area contributed by atoms with E-state index < -0.39 is 5.54 Å². The predicted octanol–water partition coefficient (Wildman–Crippen LogP) is 1.65. The van der Waals surface area contributed by atoms with Gasteiger partial charge in [-0.25, -0.2) is 4.98 Å². The minimum Gasteiger partial charge on any atom is -0.504 e. The molecule has 5 heteroatoms. The Morgan fingerprint density at radius 1 is 1.67 bits per heavy atom. The lowest BCUT2D eigenvalue weighted by atomic mass is 9.91. The van der Waals surface area contributed by atoms with Crippen LogP contribution in [0.5, 0.6) is 5.75 Å². The zero-order valence-electron chi connectivity index (χ0n) is 10.6. The number of hydrogen-bond donors (Lipinski definition) is 3. The Labute approximate surface area is 107 Å². The van der Waals surface area contributed by atoms with Crippen LogP contribution >= 0.6 is 0 Å². The van der Waals surface area contributed by atoms with E-state index in [0.717, 1.165) is 32.2 Å². The van der Waals surface area contributed by atoms with Crippen molar-refractivity contribution in [2.24, 2.45) is 0 Å². The van der Waals surface area contributed by atoms with E-state index in [1.54, 1.807) is 12.3 Å². The topological polar surface area (TPSA) is 74.2 Å². The Hall–Kier alpha value is -1.62. The van der Waals surface area contributed by atoms with Gasteiger partial charge in [-0.15, -0.1) is 0 Å². The summed E-state index contributed by atoms with van der Waals surface area (Å²) in [5.41, 5.74) is -0.501. The second kappa shape index (κ2) is 5.35.